The fraction of sp³-hybridized carbons (Fsp3) is 0. The number of nitrogens with zero attached hydrogens (tertiary/aromatic N) is 4. The van der Waals surface area contributed by atoms with Crippen molar-refractivity contribution in [2.75, 3.05) is 0 Å². The third-order valence-electron chi connectivity index (χ3n) is 2.55. The number of benzene rings is 2. The molecular formula is C13H9N4. The van der Waals surface area contributed by atoms with Crippen molar-refractivity contribution >= 4 is 5.84 Å². The molecule has 0 unspecified atom stereocenters. The Labute approximate surface area is 98.7 Å². The molecule has 0 aromatic heterocycles. The highest BCUT2D eigenvalue weighted by molar-refractivity contribution is 6.00. The largest absolute Gasteiger partial charge is 0.207 e. The normalized spacial score (nSPS) is 13.3. The van der Waals surface area contributed by atoms with E-state index in [1.54, 1.807) is 0 Å². The van der Waals surface area contributed by atoms with E-state index in [9.17, 15) is 0 Å². The zero-order chi connectivity index (χ0) is 11.5. The number of rotatable bonds is 2. The van der Waals surface area contributed by atoms with Gasteiger partial charge in [0, 0.05) is 5.56 Å². The first-order chi connectivity index (χ1) is 8.43. The molecule has 0 atom stereocenters. The summed E-state index contributed by atoms with van der Waals surface area (Å²) in [5.41, 5.74) is 6.72. The Morgan fingerprint density at radius 1 is 0.706 bits per heavy atom. The molecule has 0 aliphatic carbocycles. The molecule has 2 aromatic rings. The summed E-state index contributed by atoms with van der Waals surface area (Å²) in [4.78, 5) is 0. The Kier molecular flexibility index (Phi) is 2.38. The lowest BCUT2D eigenvalue weighted by molar-refractivity contribution is 0.780. The van der Waals surface area contributed by atoms with Crippen LogP contribution in [0.5, 0.6) is 0 Å². The maximum atomic E-state index is 3.85. The maximum Gasteiger partial charge on any atom is 0.207 e. The van der Waals surface area contributed by atoms with Crippen LogP contribution in [0.3, 0.4) is 0 Å². The minimum atomic E-state index is 0.558. The average Bonchev–Trinajstić information content (AvgIpc) is 2.94. The molecule has 4 heteroatoms. The fourth-order valence-electron chi connectivity index (χ4n) is 1.73. The maximum absolute atomic E-state index is 3.85. The van der Waals surface area contributed by atoms with Gasteiger partial charge in [-0.1, -0.05) is 48.5 Å². The molecule has 0 fully saturated rings. The van der Waals surface area contributed by atoms with E-state index in [1.807, 2.05) is 36.4 Å². The summed E-state index contributed by atoms with van der Waals surface area (Å²) in [5, 5.41) is 11.2. The summed E-state index contributed by atoms with van der Waals surface area (Å²) in [6.45, 7) is 0. The van der Waals surface area contributed by atoms with Gasteiger partial charge in [-0.15, -0.1) is 10.2 Å². The molecule has 0 saturated carbocycles. The molecule has 1 radical (unpaired) electrons. The summed E-state index contributed by atoms with van der Waals surface area (Å²) < 4.78 is 0. The van der Waals surface area contributed by atoms with Crippen LogP contribution in [0.25, 0.3) is 11.1 Å². The lowest BCUT2D eigenvalue weighted by atomic mass is 10.0. The van der Waals surface area contributed by atoms with Gasteiger partial charge in [0.05, 0.1) is 0 Å². The molecular weight excluding hydrogens is 212 g/mol. The van der Waals surface area contributed by atoms with E-state index in [-0.39, 0.29) is 0 Å². The van der Waals surface area contributed by atoms with Crippen LogP contribution < -0.4 is 5.53 Å². The zero-order valence-electron chi connectivity index (χ0n) is 8.99. The number of hydrogen-bond donors (Lipinski definition) is 0. The van der Waals surface area contributed by atoms with E-state index in [2.05, 4.69) is 39.2 Å². The molecule has 1 aliphatic heterocycles. The van der Waals surface area contributed by atoms with Crippen LogP contribution >= 0.6 is 0 Å². The van der Waals surface area contributed by atoms with Crippen LogP contribution in [0, 0.1) is 0 Å². The second-order valence-electron chi connectivity index (χ2n) is 3.65. The van der Waals surface area contributed by atoms with Crippen molar-refractivity contribution in [2.45, 2.75) is 0 Å². The lowest BCUT2D eigenvalue weighted by Crippen LogP contribution is -1.94. The van der Waals surface area contributed by atoms with Crippen molar-refractivity contribution in [3.8, 4) is 11.1 Å². The minimum Gasteiger partial charge on any atom is -0.106 e. The van der Waals surface area contributed by atoms with E-state index in [0.29, 0.717) is 5.84 Å². The standard InChI is InChI=1S/C13H9N4/c1-2-5-10(6-3-1)11-7-4-8-12(9-11)13-14-16-17-15-13/h1-9H. The lowest BCUT2D eigenvalue weighted by Gasteiger charge is -2.03. The Balaban J connectivity index is 2.03. The van der Waals surface area contributed by atoms with Gasteiger partial charge < -0.3 is 0 Å². The number of hydrogen-bond acceptors (Lipinski definition) is 3. The molecule has 0 amide bonds. The van der Waals surface area contributed by atoms with Crippen LogP contribution in [-0.2, 0) is 0 Å². The summed E-state index contributed by atoms with van der Waals surface area (Å²) in [6, 6.07) is 18.2. The minimum absolute atomic E-state index is 0.558. The predicted molar refractivity (Wildman–Crippen MR) is 65.4 cm³/mol. The topological polar surface area (TPSA) is 51.2 Å². The van der Waals surface area contributed by atoms with Crippen molar-refractivity contribution < 1.29 is 0 Å². The first kappa shape index (κ1) is 9.72. The summed E-state index contributed by atoms with van der Waals surface area (Å²) in [6.07, 6.45) is 0. The molecule has 81 valence electrons. The monoisotopic (exact) mass is 221 g/mol. The molecule has 1 aliphatic rings. The average molecular weight is 221 g/mol. The highest BCUT2D eigenvalue weighted by atomic mass is 15.6. The van der Waals surface area contributed by atoms with Gasteiger partial charge in [-0.05, 0) is 28.0 Å². The molecule has 17 heavy (non-hydrogen) atoms. The predicted octanol–water partition coefficient (Wildman–Crippen LogP) is 3.00. The Morgan fingerprint density at radius 2 is 1.47 bits per heavy atom. The molecule has 4 nitrogen and oxygen atoms in total. The molecule has 2 aromatic carbocycles. The van der Waals surface area contributed by atoms with Crippen LogP contribution in [0.2, 0.25) is 0 Å². The van der Waals surface area contributed by atoms with Crippen molar-refractivity contribution in [3.63, 3.8) is 0 Å². The van der Waals surface area contributed by atoms with Crippen LogP contribution in [-0.4, -0.2) is 5.84 Å². The van der Waals surface area contributed by atoms with Gasteiger partial charge in [0.15, 0.2) is 0 Å². The third-order valence-corrected chi connectivity index (χ3v) is 2.55. The van der Waals surface area contributed by atoms with Crippen LogP contribution in [0.15, 0.2) is 70.0 Å². The van der Waals surface area contributed by atoms with Crippen LogP contribution in [0.4, 0.5) is 0 Å². The van der Waals surface area contributed by atoms with Crippen molar-refractivity contribution in [3.05, 3.63) is 60.2 Å². The fourth-order valence-corrected chi connectivity index (χ4v) is 1.73. The van der Waals surface area contributed by atoms with Gasteiger partial charge in [-0.2, -0.15) is 0 Å². The molecule has 0 saturated heterocycles. The van der Waals surface area contributed by atoms with Gasteiger partial charge in [-0.3, -0.25) is 0 Å². The third kappa shape index (κ3) is 1.92. The van der Waals surface area contributed by atoms with E-state index >= 15 is 0 Å². The first-order valence-corrected chi connectivity index (χ1v) is 5.28. The molecule has 3 rings (SSSR count). The Hall–Kier alpha value is -2.49. The molecule has 1 heterocycles. The first-order valence-electron chi connectivity index (χ1n) is 5.28. The van der Waals surface area contributed by atoms with Crippen LogP contribution in [0.1, 0.15) is 5.56 Å². The summed E-state index contributed by atoms with van der Waals surface area (Å²) in [7, 11) is 0. The molecule has 0 spiro atoms. The second kappa shape index (κ2) is 4.17. The van der Waals surface area contributed by atoms with Gasteiger partial charge in [0.2, 0.25) is 5.84 Å². The number of amidine groups is 1. The zero-order valence-corrected chi connectivity index (χ0v) is 8.99. The van der Waals surface area contributed by atoms with E-state index in [0.717, 1.165) is 11.1 Å². The second-order valence-corrected chi connectivity index (χ2v) is 3.65. The molecule has 0 N–H and O–H groups in total. The molecule has 0 bridgehead atoms. The summed E-state index contributed by atoms with van der Waals surface area (Å²) >= 11 is 0. The Morgan fingerprint density at radius 3 is 2.24 bits per heavy atom. The van der Waals surface area contributed by atoms with Crippen molar-refractivity contribution in [1.29, 1.82) is 0 Å². The quantitative estimate of drug-likeness (QED) is 0.748. The van der Waals surface area contributed by atoms with Crippen molar-refractivity contribution in [2.24, 2.45) is 15.4 Å². The van der Waals surface area contributed by atoms with Gasteiger partial charge in [0.1, 0.15) is 0 Å². The highest BCUT2D eigenvalue weighted by Gasteiger charge is 2.08. The van der Waals surface area contributed by atoms with Gasteiger partial charge >= 0.3 is 0 Å². The van der Waals surface area contributed by atoms with Crippen molar-refractivity contribution in [1.82, 2.24) is 5.53 Å². The summed E-state index contributed by atoms with van der Waals surface area (Å²) in [5.74, 6) is 0.558. The smallest absolute Gasteiger partial charge is 0.106 e. The highest BCUT2D eigenvalue weighted by Crippen LogP contribution is 2.20. The van der Waals surface area contributed by atoms with E-state index in [1.165, 1.54) is 5.56 Å². The van der Waals surface area contributed by atoms with E-state index in [4.69, 9.17) is 0 Å². The SMILES string of the molecule is c1ccc(-c2cccc(C3=N[N]N=N3)c2)cc1. The van der Waals surface area contributed by atoms with Gasteiger partial charge in [-0.25, -0.2) is 0 Å². The van der Waals surface area contributed by atoms with Gasteiger partial charge in [0.25, 0.3) is 0 Å². The van der Waals surface area contributed by atoms with E-state index < -0.39 is 0 Å². The Bertz CT molecular complexity index is 587.